The summed E-state index contributed by atoms with van der Waals surface area (Å²) in [7, 11) is 0. The molecule has 142 valence electrons. The lowest BCUT2D eigenvalue weighted by Gasteiger charge is -2.10. The van der Waals surface area contributed by atoms with Crippen molar-refractivity contribution in [3.63, 3.8) is 0 Å². The van der Waals surface area contributed by atoms with Gasteiger partial charge in [0.15, 0.2) is 0 Å². The van der Waals surface area contributed by atoms with Gasteiger partial charge in [-0.25, -0.2) is 4.98 Å². The maximum Gasteiger partial charge on any atom is 0.387 e. The largest absolute Gasteiger partial charge is 0.434 e. The highest BCUT2D eigenvalue weighted by atomic mass is 35.5. The number of aryl methyl sites for hydroxylation is 1. The summed E-state index contributed by atoms with van der Waals surface area (Å²) in [4.78, 5) is 23.4. The number of carbonyl (C=O) groups is 1. The van der Waals surface area contributed by atoms with E-state index in [1.807, 2.05) is 6.92 Å². The number of aromatic nitrogens is 3. The summed E-state index contributed by atoms with van der Waals surface area (Å²) in [6.07, 6.45) is 3.12. The summed E-state index contributed by atoms with van der Waals surface area (Å²) in [6, 6.07) is 2.70. The highest BCUT2D eigenvalue weighted by molar-refractivity contribution is 6.33. The standard InChI is InChI=1S/C17H16ClF2N5O2/c1-3-22-15(26)9-4-11-12(5-13(9)27-16(19)20)24-17(23-11)25-14-8(2)6-21-7-10(14)18/h4-7,16H,3H2,1-2H3,(H,22,26)(H2,21,23,24,25). The van der Waals surface area contributed by atoms with E-state index in [1.165, 1.54) is 18.3 Å². The lowest BCUT2D eigenvalue weighted by atomic mass is 10.1. The van der Waals surface area contributed by atoms with Gasteiger partial charge in [0.25, 0.3) is 5.91 Å². The van der Waals surface area contributed by atoms with Crippen molar-refractivity contribution in [1.82, 2.24) is 20.3 Å². The molecular weight excluding hydrogens is 380 g/mol. The van der Waals surface area contributed by atoms with Gasteiger partial charge in [-0.1, -0.05) is 11.6 Å². The van der Waals surface area contributed by atoms with Gasteiger partial charge in [-0.3, -0.25) is 9.78 Å². The van der Waals surface area contributed by atoms with Crippen LogP contribution in [0.2, 0.25) is 5.02 Å². The number of anilines is 2. The number of carbonyl (C=O) groups excluding carboxylic acids is 1. The van der Waals surface area contributed by atoms with Gasteiger partial charge >= 0.3 is 6.61 Å². The second kappa shape index (κ2) is 7.75. The molecule has 2 aromatic heterocycles. The van der Waals surface area contributed by atoms with E-state index in [0.717, 1.165) is 5.56 Å². The van der Waals surface area contributed by atoms with Crippen molar-refractivity contribution in [1.29, 1.82) is 0 Å². The summed E-state index contributed by atoms with van der Waals surface area (Å²) in [5.41, 5.74) is 2.22. The van der Waals surface area contributed by atoms with Gasteiger partial charge in [0.1, 0.15) is 5.75 Å². The van der Waals surface area contributed by atoms with Crippen molar-refractivity contribution in [3.8, 4) is 5.75 Å². The number of rotatable bonds is 6. The maximum atomic E-state index is 12.7. The topological polar surface area (TPSA) is 91.9 Å². The van der Waals surface area contributed by atoms with Crippen LogP contribution in [0.1, 0.15) is 22.8 Å². The molecule has 0 saturated carbocycles. The van der Waals surface area contributed by atoms with Crippen molar-refractivity contribution < 1.29 is 18.3 Å². The zero-order valence-corrected chi connectivity index (χ0v) is 15.2. The van der Waals surface area contributed by atoms with Crippen molar-refractivity contribution in [3.05, 3.63) is 40.7 Å². The van der Waals surface area contributed by atoms with Crippen LogP contribution in [0, 0.1) is 6.92 Å². The van der Waals surface area contributed by atoms with Gasteiger partial charge in [0, 0.05) is 25.0 Å². The minimum Gasteiger partial charge on any atom is -0.434 e. The van der Waals surface area contributed by atoms with Gasteiger partial charge in [-0.15, -0.1) is 0 Å². The Balaban J connectivity index is 2.02. The van der Waals surface area contributed by atoms with E-state index in [2.05, 4.69) is 30.3 Å². The average molecular weight is 396 g/mol. The number of nitrogens with one attached hydrogen (secondary N) is 3. The number of imidazole rings is 1. The van der Waals surface area contributed by atoms with Crippen LogP contribution in [0.25, 0.3) is 11.0 Å². The number of aromatic amines is 1. The lowest BCUT2D eigenvalue weighted by molar-refractivity contribution is -0.0500. The second-order valence-electron chi connectivity index (χ2n) is 5.63. The van der Waals surface area contributed by atoms with Crippen LogP contribution in [0.15, 0.2) is 24.5 Å². The molecule has 1 aromatic carbocycles. The quantitative estimate of drug-likeness (QED) is 0.586. The molecule has 3 rings (SSSR count). The monoisotopic (exact) mass is 395 g/mol. The predicted molar refractivity (Wildman–Crippen MR) is 98.0 cm³/mol. The molecule has 3 N–H and O–H groups in total. The number of amides is 1. The predicted octanol–water partition coefficient (Wildman–Crippen LogP) is 4.01. The Labute approximate surface area is 158 Å². The number of fused-ring (bicyclic) bond motifs is 1. The Morgan fingerprint density at radius 2 is 2.15 bits per heavy atom. The van der Waals surface area contributed by atoms with Crippen molar-refractivity contribution in [2.45, 2.75) is 20.5 Å². The fraction of sp³-hybridized carbons (Fsp3) is 0.235. The number of H-pyrrole nitrogens is 1. The normalized spacial score (nSPS) is 11.0. The average Bonchev–Trinajstić information content (AvgIpc) is 2.98. The molecule has 0 atom stereocenters. The number of hydrogen-bond acceptors (Lipinski definition) is 5. The SMILES string of the molecule is CCNC(=O)c1cc2[nH]c(Nc3c(C)cncc3Cl)nc2cc1OC(F)F. The van der Waals surface area contributed by atoms with E-state index in [0.29, 0.717) is 34.2 Å². The van der Waals surface area contributed by atoms with Crippen LogP contribution < -0.4 is 15.4 Å². The number of pyridine rings is 1. The van der Waals surface area contributed by atoms with E-state index in [4.69, 9.17) is 11.6 Å². The minimum absolute atomic E-state index is 0.0158. The molecule has 27 heavy (non-hydrogen) atoms. The molecular formula is C17H16ClF2N5O2. The summed E-state index contributed by atoms with van der Waals surface area (Å²) >= 11 is 6.14. The van der Waals surface area contributed by atoms with Crippen LogP contribution >= 0.6 is 11.6 Å². The van der Waals surface area contributed by atoms with Gasteiger partial charge in [0.2, 0.25) is 5.95 Å². The van der Waals surface area contributed by atoms with Crippen molar-refractivity contribution >= 4 is 40.2 Å². The van der Waals surface area contributed by atoms with E-state index >= 15 is 0 Å². The molecule has 0 spiro atoms. The Morgan fingerprint density at radius 3 is 2.81 bits per heavy atom. The molecule has 2 heterocycles. The fourth-order valence-corrected chi connectivity index (χ4v) is 2.78. The molecule has 3 aromatic rings. The Kier molecular flexibility index (Phi) is 5.41. The van der Waals surface area contributed by atoms with E-state index < -0.39 is 12.5 Å². The van der Waals surface area contributed by atoms with Crippen LogP contribution in [-0.2, 0) is 0 Å². The summed E-state index contributed by atoms with van der Waals surface area (Å²) in [6.45, 7) is 0.834. The molecule has 0 unspecified atom stereocenters. The first kappa shape index (κ1) is 18.8. The third-order valence-electron chi connectivity index (χ3n) is 3.71. The van der Waals surface area contributed by atoms with Crippen molar-refractivity contribution in [2.24, 2.45) is 0 Å². The molecule has 0 fully saturated rings. The van der Waals surface area contributed by atoms with Crippen LogP contribution in [-0.4, -0.2) is 34.0 Å². The number of hydrogen-bond donors (Lipinski definition) is 3. The first-order valence-electron chi connectivity index (χ1n) is 8.03. The number of ether oxygens (including phenoxy) is 1. The number of nitrogens with zero attached hydrogens (tertiary/aromatic N) is 2. The highest BCUT2D eigenvalue weighted by Gasteiger charge is 2.19. The molecule has 0 aliphatic carbocycles. The van der Waals surface area contributed by atoms with Gasteiger partial charge in [-0.2, -0.15) is 8.78 Å². The molecule has 7 nitrogen and oxygen atoms in total. The van der Waals surface area contributed by atoms with Gasteiger partial charge in [0.05, 0.1) is 27.3 Å². The smallest absolute Gasteiger partial charge is 0.387 e. The molecule has 0 aliphatic rings. The highest BCUT2D eigenvalue weighted by Crippen LogP contribution is 2.30. The van der Waals surface area contributed by atoms with Crippen molar-refractivity contribution in [2.75, 3.05) is 11.9 Å². The Morgan fingerprint density at radius 1 is 1.37 bits per heavy atom. The molecule has 10 heteroatoms. The van der Waals surface area contributed by atoms with Gasteiger partial charge in [-0.05, 0) is 25.5 Å². The zero-order valence-electron chi connectivity index (χ0n) is 14.4. The van der Waals surface area contributed by atoms with Crippen LogP contribution in [0.5, 0.6) is 5.75 Å². The third kappa shape index (κ3) is 4.08. The lowest BCUT2D eigenvalue weighted by Crippen LogP contribution is -2.23. The Hall–Kier alpha value is -2.94. The van der Waals surface area contributed by atoms with Gasteiger partial charge < -0.3 is 20.4 Å². The minimum atomic E-state index is -3.06. The summed E-state index contributed by atoms with van der Waals surface area (Å²) < 4.78 is 29.9. The Bertz CT molecular complexity index is 973. The van der Waals surface area contributed by atoms with E-state index in [-0.39, 0.29) is 11.3 Å². The number of alkyl halides is 2. The van der Waals surface area contributed by atoms with E-state index in [9.17, 15) is 13.6 Å². The number of halogens is 3. The second-order valence-corrected chi connectivity index (χ2v) is 6.03. The molecule has 0 saturated heterocycles. The third-order valence-corrected chi connectivity index (χ3v) is 4.00. The summed E-state index contributed by atoms with van der Waals surface area (Å²) in [5.74, 6) is -0.441. The van der Waals surface area contributed by atoms with Crippen LogP contribution in [0.3, 0.4) is 0 Å². The molecule has 0 bridgehead atoms. The zero-order chi connectivity index (χ0) is 19.6. The molecule has 0 radical (unpaired) electrons. The maximum absolute atomic E-state index is 12.7. The fourth-order valence-electron chi connectivity index (χ4n) is 2.53. The first-order chi connectivity index (χ1) is 12.9. The van der Waals surface area contributed by atoms with Crippen LogP contribution in [0.4, 0.5) is 20.4 Å². The number of benzene rings is 1. The summed E-state index contributed by atoms with van der Waals surface area (Å²) in [5, 5.41) is 6.00. The molecule has 1 amide bonds. The molecule has 0 aliphatic heterocycles. The first-order valence-corrected chi connectivity index (χ1v) is 8.40. The van der Waals surface area contributed by atoms with E-state index in [1.54, 1.807) is 13.1 Å².